The zero-order valence-corrected chi connectivity index (χ0v) is 19.0. The van der Waals surface area contributed by atoms with Gasteiger partial charge in [0.15, 0.2) is 11.5 Å². The molecule has 0 aliphatic rings. The third kappa shape index (κ3) is 4.66. The molecule has 0 radical (unpaired) electrons. The number of fused-ring (bicyclic) bond motifs is 1. The summed E-state index contributed by atoms with van der Waals surface area (Å²) in [5, 5.41) is 4.57. The Labute approximate surface area is 198 Å². The van der Waals surface area contributed by atoms with Crippen molar-refractivity contribution >= 4 is 39.1 Å². The second-order valence-electron chi connectivity index (χ2n) is 7.34. The molecule has 2 aromatic heterocycles. The Balaban J connectivity index is 1.45. The van der Waals surface area contributed by atoms with Gasteiger partial charge in [-0.15, -0.1) is 0 Å². The summed E-state index contributed by atoms with van der Waals surface area (Å²) in [6, 6.07) is 26.4. The van der Waals surface area contributed by atoms with E-state index in [2.05, 4.69) is 21.1 Å². The molecule has 2 heterocycles. The van der Waals surface area contributed by atoms with E-state index in [9.17, 15) is 4.79 Å². The highest BCUT2D eigenvalue weighted by molar-refractivity contribution is 9.10. The molecule has 0 atom stereocenters. The highest BCUT2D eigenvalue weighted by Gasteiger charge is 2.16. The molecular formula is C27H18BrNO4. The first kappa shape index (κ1) is 21.0. The molecule has 0 spiro atoms. The first-order valence-electron chi connectivity index (χ1n) is 10.3. The number of hydrogen-bond acceptors (Lipinski definition) is 5. The van der Waals surface area contributed by atoms with Crippen molar-refractivity contribution in [3.8, 4) is 17.0 Å². The topological polar surface area (TPSA) is 65.5 Å². The van der Waals surface area contributed by atoms with Crippen LogP contribution in [0.2, 0.25) is 0 Å². The largest absolute Gasteiger partial charge is 0.478 e. The van der Waals surface area contributed by atoms with Crippen molar-refractivity contribution in [1.82, 2.24) is 5.16 Å². The minimum Gasteiger partial charge on any atom is -0.478 e. The predicted octanol–water partition coefficient (Wildman–Crippen LogP) is 6.96. The van der Waals surface area contributed by atoms with Gasteiger partial charge < -0.3 is 13.7 Å². The molecule has 0 amide bonds. The lowest BCUT2D eigenvalue weighted by atomic mass is 10.1. The molecule has 0 saturated carbocycles. The second kappa shape index (κ2) is 9.30. The third-order valence-corrected chi connectivity index (χ3v) is 5.59. The van der Waals surface area contributed by atoms with Gasteiger partial charge in [-0.1, -0.05) is 81.8 Å². The number of rotatable bonds is 6. The van der Waals surface area contributed by atoms with Crippen molar-refractivity contribution in [3.63, 3.8) is 0 Å². The number of aromatic nitrogens is 1. The van der Waals surface area contributed by atoms with Crippen molar-refractivity contribution < 1.29 is 13.7 Å². The molecule has 0 bridgehead atoms. The predicted molar refractivity (Wildman–Crippen MR) is 132 cm³/mol. The number of ether oxygens (including phenoxy) is 1. The Morgan fingerprint density at radius 3 is 2.48 bits per heavy atom. The summed E-state index contributed by atoms with van der Waals surface area (Å²) in [4.78, 5) is 13.2. The zero-order valence-electron chi connectivity index (χ0n) is 17.4. The summed E-state index contributed by atoms with van der Waals surface area (Å²) in [6.45, 7) is 0.0405. The van der Waals surface area contributed by atoms with Crippen LogP contribution in [-0.4, -0.2) is 5.16 Å². The van der Waals surface area contributed by atoms with Crippen molar-refractivity contribution in [2.75, 3.05) is 0 Å². The van der Waals surface area contributed by atoms with Gasteiger partial charge in [-0.25, -0.2) is 0 Å². The number of nitrogens with zero attached hydrogens (tertiary/aromatic N) is 1. The molecule has 0 saturated heterocycles. The maximum atomic E-state index is 13.2. The molecule has 3 aromatic carbocycles. The van der Waals surface area contributed by atoms with Crippen LogP contribution in [0.3, 0.4) is 0 Å². The van der Waals surface area contributed by atoms with Crippen molar-refractivity contribution in [2.24, 2.45) is 0 Å². The lowest BCUT2D eigenvalue weighted by Crippen LogP contribution is -2.10. The standard InChI is InChI=1S/C27H18BrNO4/c28-20-13-11-19(12-14-20)23-16-21(33-29-23)17-31-27-25(15-10-18-6-2-1-3-7-18)32-24-9-5-4-8-22(24)26(27)30/h1-16H,17H2/b15-10+. The molecule has 33 heavy (non-hydrogen) atoms. The fraction of sp³-hybridized carbons (Fsp3) is 0.0370. The minimum absolute atomic E-state index is 0.0405. The number of hydrogen-bond donors (Lipinski definition) is 0. The average Bonchev–Trinajstić information content (AvgIpc) is 3.32. The maximum Gasteiger partial charge on any atom is 0.235 e. The Morgan fingerprint density at radius 1 is 0.909 bits per heavy atom. The van der Waals surface area contributed by atoms with Gasteiger partial charge in [0.2, 0.25) is 11.2 Å². The second-order valence-corrected chi connectivity index (χ2v) is 8.25. The maximum absolute atomic E-state index is 13.2. The van der Waals surface area contributed by atoms with E-state index in [-0.39, 0.29) is 17.8 Å². The fourth-order valence-corrected chi connectivity index (χ4v) is 3.67. The highest BCUT2D eigenvalue weighted by Crippen LogP contribution is 2.25. The summed E-state index contributed by atoms with van der Waals surface area (Å²) in [5.74, 6) is 0.969. The van der Waals surface area contributed by atoms with E-state index in [0.717, 1.165) is 15.6 Å². The van der Waals surface area contributed by atoms with Crippen LogP contribution in [0.15, 0.2) is 103 Å². The molecule has 6 heteroatoms. The smallest absolute Gasteiger partial charge is 0.235 e. The Morgan fingerprint density at radius 2 is 1.67 bits per heavy atom. The quantitative estimate of drug-likeness (QED) is 0.252. The molecule has 5 aromatic rings. The van der Waals surface area contributed by atoms with Gasteiger partial charge in [-0.3, -0.25) is 4.79 Å². The zero-order chi connectivity index (χ0) is 22.6. The van der Waals surface area contributed by atoms with Crippen LogP contribution in [0.5, 0.6) is 5.75 Å². The van der Waals surface area contributed by atoms with Crippen LogP contribution in [0, 0.1) is 0 Å². The van der Waals surface area contributed by atoms with E-state index in [4.69, 9.17) is 13.7 Å². The van der Waals surface area contributed by atoms with Gasteiger partial charge >= 0.3 is 0 Å². The molecular weight excluding hydrogens is 482 g/mol. The molecule has 5 rings (SSSR count). The van der Waals surface area contributed by atoms with E-state index in [1.54, 1.807) is 30.3 Å². The van der Waals surface area contributed by atoms with Gasteiger partial charge in [0.1, 0.15) is 17.9 Å². The lowest BCUT2D eigenvalue weighted by Gasteiger charge is -2.08. The first-order chi connectivity index (χ1) is 16.2. The SMILES string of the molecule is O=c1c(OCc2cc(-c3ccc(Br)cc3)no2)c(/C=C/c2ccccc2)oc2ccccc12. The molecule has 0 unspecified atom stereocenters. The molecule has 0 N–H and O–H groups in total. The van der Waals surface area contributed by atoms with Crippen LogP contribution in [-0.2, 0) is 6.61 Å². The summed E-state index contributed by atoms with van der Waals surface area (Å²) < 4.78 is 18.3. The molecule has 5 nitrogen and oxygen atoms in total. The Bertz CT molecular complexity index is 1480. The summed E-state index contributed by atoms with van der Waals surface area (Å²) >= 11 is 3.42. The van der Waals surface area contributed by atoms with E-state index in [1.807, 2.05) is 66.7 Å². The third-order valence-electron chi connectivity index (χ3n) is 5.07. The van der Waals surface area contributed by atoms with Crippen LogP contribution in [0.25, 0.3) is 34.4 Å². The number of benzene rings is 3. The van der Waals surface area contributed by atoms with Crippen LogP contribution >= 0.6 is 15.9 Å². The van der Waals surface area contributed by atoms with Gasteiger partial charge in [-0.2, -0.15) is 0 Å². The number of halogens is 1. The minimum atomic E-state index is -0.239. The normalized spacial score (nSPS) is 11.3. The highest BCUT2D eigenvalue weighted by atomic mass is 79.9. The van der Waals surface area contributed by atoms with Gasteiger partial charge in [-0.05, 0) is 35.9 Å². The number of para-hydroxylation sites is 1. The first-order valence-corrected chi connectivity index (χ1v) is 11.1. The van der Waals surface area contributed by atoms with Crippen molar-refractivity contribution in [3.05, 3.63) is 117 Å². The lowest BCUT2D eigenvalue weighted by molar-refractivity contribution is 0.242. The molecule has 0 aliphatic heterocycles. The Kier molecular flexibility index (Phi) is 5.91. The van der Waals surface area contributed by atoms with E-state index in [0.29, 0.717) is 28.2 Å². The van der Waals surface area contributed by atoms with E-state index < -0.39 is 0 Å². The van der Waals surface area contributed by atoms with Crippen molar-refractivity contribution in [1.29, 1.82) is 0 Å². The summed E-state index contributed by atoms with van der Waals surface area (Å²) in [7, 11) is 0. The van der Waals surface area contributed by atoms with E-state index >= 15 is 0 Å². The fourth-order valence-electron chi connectivity index (χ4n) is 3.41. The molecule has 162 valence electrons. The Hall–Kier alpha value is -3.90. The molecule has 0 fully saturated rings. The average molecular weight is 500 g/mol. The van der Waals surface area contributed by atoms with Crippen LogP contribution in [0.4, 0.5) is 0 Å². The van der Waals surface area contributed by atoms with Gasteiger partial charge in [0, 0.05) is 16.1 Å². The summed E-state index contributed by atoms with van der Waals surface area (Å²) in [6.07, 6.45) is 3.62. The van der Waals surface area contributed by atoms with Crippen molar-refractivity contribution in [2.45, 2.75) is 6.61 Å². The molecule has 0 aliphatic carbocycles. The summed E-state index contributed by atoms with van der Waals surface area (Å²) in [5.41, 5.74) is 2.85. The van der Waals surface area contributed by atoms with Gasteiger partial charge in [0.05, 0.1) is 5.39 Å². The van der Waals surface area contributed by atoms with Gasteiger partial charge in [0.25, 0.3) is 0 Å². The van der Waals surface area contributed by atoms with Crippen LogP contribution < -0.4 is 10.2 Å². The monoisotopic (exact) mass is 499 g/mol. The van der Waals surface area contributed by atoms with Crippen LogP contribution in [0.1, 0.15) is 17.1 Å². The van der Waals surface area contributed by atoms with E-state index in [1.165, 1.54) is 0 Å².